The second-order valence-electron chi connectivity index (χ2n) is 6.91. The molecule has 2 aromatic carbocycles. The van der Waals surface area contributed by atoms with Crippen molar-refractivity contribution in [2.45, 2.75) is 19.9 Å². The molecule has 0 aliphatic carbocycles. The number of benzene rings is 2. The van der Waals surface area contributed by atoms with Crippen LogP contribution in [0.25, 0.3) is 22.2 Å². The molecule has 0 fully saturated rings. The third-order valence-electron chi connectivity index (χ3n) is 4.16. The molecular formula is C21H21N5O3. The first-order valence-corrected chi connectivity index (χ1v) is 9.26. The Morgan fingerprint density at radius 2 is 2.10 bits per heavy atom. The van der Waals surface area contributed by atoms with Crippen molar-refractivity contribution in [2.75, 3.05) is 11.9 Å². The van der Waals surface area contributed by atoms with Crippen LogP contribution in [0.15, 0.2) is 59.3 Å². The smallest absolute Gasteiger partial charge is 0.258 e. The Morgan fingerprint density at radius 3 is 2.97 bits per heavy atom. The molecule has 0 spiro atoms. The fourth-order valence-electron chi connectivity index (χ4n) is 2.89. The van der Waals surface area contributed by atoms with Crippen molar-refractivity contribution in [3.63, 3.8) is 0 Å². The van der Waals surface area contributed by atoms with Crippen molar-refractivity contribution in [1.29, 1.82) is 0 Å². The number of aromatic nitrogens is 3. The Hall–Kier alpha value is -3.81. The van der Waals surface area contributed by atoms with Crippen molar-refractivity contribution in [2.24, 2.45) is 0 Å². The van der Waals surface area contributed by atoms with Crippen LogP contribution in [0.1, 0.15) is 13.8 Å². The number of fused-ring (bicyclic) bond motifs is 1. The summed E-state index contributed by atoms with van der Waals surface area (Å²) in [5, 5.41) is 18.0. The number of H-pyrrole nitrogens is 1. The molecule has 3 N–H and O–H groups in total. The number of hydrogen-bond acceptors (Lipinski definition) is 6. The van der Waals surface area contributed by atoms with Crippen LogP contribution in [0.3, 0.4) is 0 Å². The molecule has 2 heterocycles. The normalized spacial score (nSPS) is 11.0. The number of rotatable bonds is 7. The molecular weight excluding hydrogens is 370 g/mol. The van der Waals surface area contributed by atoms with E-state index in [-0.39, 0.29) is 18.6 Å². The number of aromatic amines is 1. The minimum absolute atomic E-state index is 0.0403. The van der Waals surface area contributed by atoms with Crippen molar-refractivity contribution < 1.29 is 14.1 Å². The van der Waals surface area contributed by atoms with Gasteiger partial charge in [-0.15, -0.1) is 0 Å². The minimum atomic E-state index is -0.161. The van der Waals surface area contributed by atoms with Gasteiger partial charge in [-0.25, -0.2) is 0 Å². The fraction of sp³-hybridized carbons (Fsp3) is 0.190. The van der Waals surface area contributed by atoms with E-state index in [9.17, 15) is 4.79 Å². The zero-order valence-electron chi connectivity index (χ0n) is 16.1. The van der Waals surface area contributed by atoms with Crippen LogP contribution in [0.4, 0.5) is 11.5 Å². The van der Waals surface area contributed by atoms with E-state index in [0.717, 1.165) is 22.2 Å². The zero-order chi connectivity index (χ0) is 20.2. The van der Waals surface area contributed by atoms with Crippen LogP contribution in [0.2, 0.25) is 0 Å². The SMILES string of the molecule is CC(C)NC(=O)COc1cccc(-c2cc(Nc3ccc4[nH]ncc4c3)no2)c1. The Labute approximate surface area is 167 Å². The molecule has 0 radical (unpaired) electrons. The fourth-order valence-corrected chi connectivity index (χ4v) is 2.89. The summed E-state index contributed by atoms with van der Waals surface area (Å²) in [6, 6.07) is 15.1. The molecule has 0 aliphatic heterocycles. The van der Waals surface area contributed by atoms with Gasteiger partial charge in [0.05, 0.1) is 11.7 Å². The van der Waals surface area contributed by atoms with Crippen LogP contribution in [0, 0.1) is 0 Å². The Morgan fingerprint density at radius 1 is 1.21 bits per heavy atom. The van der Waals surface area contributed by atoms with Crippen molar-refractivity contribution in [1.82, 2.24) is 20.7 Å². The van der Waals surface area contributed by atoms with Crippen LogP contribution >= 0.6 is 0 Å². The molecule has 0 saturated heterocycles. The van der Waals surface area contributed by atoms with E-state index in [1.54, 1.807) is 12.3 Å². The van der Waals surface area contributed by atoms with Crippen LogP contribution in [-0.4, -0.2) is 33.9 Å². The lowest BCUT2D eigenvalue weighted by atomic mass is 10.1. The Kier molecular flexibility index (Phi) is 5.15. The van der Waals surface area contributed by atoms with Crippen molar-refractivity contribution in [3.8, 4) is 17.1 Å². The number of nitrogens with one attached hydrogen (secondary N) is 3. The summed E-state index contributed by atoms with van der Waals surface area (Å²) in [5.74, 6) is 1.60. The van der Waals surface area contributed by atoms with Gasteiger partial charge in [-0.3, -0.25) is 9.89 Å². The number of carbonyl (C=O) groups excluding carboxylic acids is 1. The van der Waals surface area contributed by atoms with Gasteiger partial charge in [0.1, 0.15) is 5.75 Å². The van der Waals surface area contributed by atoms with E-state index < -0.39 is 0 Å². The highest BCUT2D eigenvalue weighted by Crippen LogP contribution is 2.28. The monoisotopic (exact) mass is 391 g/mol. The highest BCUT2D eigenvalue weighted by atomic mass is 16.5. The second kappa shape index (κ2) is 8.05. The molecule has 1 amide bonds. The minimum Gasteiger partial charge on any atom is -0.484 e. The number of carbonyl (C=O) groups is 1. The quantitative estimate of drug-likeness (QED) is 0.442. The predicted octanol–water partition coefficient (Wildman–Crippen LogP) is 3.86. The van der Waals surface area contributed by atoms with Gasteiger partial charge < -0.3 is 19.9 Å². The predicted molar refractivity (Wildman–Crippen MR) is 110 cm³/mol. The van der Waals surface area contributed by atoms with E-state index in [1.165, 1.54) is 0 Å². The summed E-state index contributed by atoms with van der Waals surface area (Å²) in [4.78, 5) is 11.7. The Balaban J connectivity index is 1.44. The van der Waals surface area contributed by atoms with Gasteiger partial charge in [0.15, 0.2) is 18.2 Å². The first-order chi connectivity index (χ1) is 14.1. The van der Waals surface area contributed by atoms with Crippen molar-refractivity contribution in [3.05, 3.63) is 54.7 Å². The third-order valence-corrected chi connectivity index (χ3v) is 4.16. The molecule has 0 aliphatic rings. The molecule has 0 atom stereocenters. The summed E-state index contributed by atoms with van der Waals surface area (Å²) in [5.41, 5.74) is 2.65. The van der Waals surface area contributed by atoms with E-state index in [4.69, 9.17) is 9.26 Å². The number of nitrogens with zero attached hydrogens (tertiary/aromatic N) is 2. The summed E-state index contributed by atoms with van der Waals surface area (Å²) in [7, 11) is 0. The standard InChI is InChI=1S/C21H21N5O3/c1-13(2)23-21(27)12-28-17-5-3-4-14(9-17)19-10-20(26-29-19)24-16-6-7-18-15(8-16)11-22-25-18/h3-11,13H,12H2,1-2H3,(H,22,25)(H,23,27)(H,24,26). The van der Waals surface area contributed by atoms with Gasteiger partial charge in [-0.1, -0.05) is 17.3 Å². The molecule has 4 rings (SSSR count). The average molecular weight is 391 g/mol. The van der Waals surface area contributed by atoms with Gasteiger partial charge in [-0.05, 0) is 44.2 Å². The maximum absolute atomic E-state index is 11.7. The number of anilines is 2. The largest absolute Gasteiger partial charge is 0.484 e. The van der Waals surface area contributed by atoms with E-state index in [1.807, 2.05) is 56.3 Å². The molecule has 2 aromatic heterocycles. The summed E-state index contributed by atoms with van der Waals surface area (Å²) in [6.45, 7) is 3.77. The van der Waals surface area contributed by atoms with Gasteiger partial charge in [0.25, 0.3) is 5.91 Å². The van der Waals surface area contributed by atoms with Crippen LogP contribution in [-0.2, 0) is 4.79 Å². The summed E-state index contributed by atoms with van der Waals surface area (Å²) >= 11 is 0. The lowest BCUT2D eigenvalue weighted by Gasteiger charge is -2.10. The molecule has 8 nitrogen and oxygen atoms in total. The van der Waals surface area contributed by atoms with Gasteiger partial charge in [-0.2, -0.15) is 5.10 Å². The summed E-state index contributed by atoms with van der Waals surface area (Å²) < 4.78 is 11.0. The first-order valence-electron chi connectivity index (χ1n) is 9.26. The van der Waals surface area contributed by atoms with Crippen LogP contribution in [0.5, 0.6) is 5.75 Å². The molecule has 29 heavy (non-hydrogen) atoms. The highest BCUT2D eigenvalue weighted by Gasteiger charge is 2.10. The number of amides is 1. The zero-order valence-corrected chi connectivity index (χ0v) is 16.1. The molecule has 0 bridgehead atoms. The average Bonchev–Trinajstić information content (AvgIpc) is 3.35. The van der Waals surface area contributed by atoms with Gasteiger partial charge >= 0.3 is 0 Å². The molecule has 8 heteroatoms. The van der Waals surface area contributed by atoms with E-state index >= 15 is 0 Å². The summed E-state index contributed by atoms with van der Waals surface area (Å²) in [6.07, 6.45) is 1.77. The lowest BCUT2D eigenvalue weighted by Crippen LogP contribution is -2.34. The molecule has 0 unspecified atom stereocenters. The highest BCUT2D eigenvalue weighted by molar-refractivity contribution is 5.82. The topological polar surface area (TPSA) is 105 Å². The van der Waals surface area contributed by atoms with Crippen LogP contribution < -0.4 is 15.4 Å². The first kappa shape index (κ1) is 18.5. The maximum Gasteiger partial charge on any atom is 0.258 e. The molecule has 4 aromatic rings. The van der Waals surface area contributed by atoms with Crippen molar-refractivity contribution >= 4 is 28.3 Å². The molecule has 0 saturated carbocycles. The lowest BCUT2D eigenvalue weighted by molar-refractivity contribution is -0.123. The molecule has 148 valence electrons. The van der Waals surface area contributed by atoms with E-state index in [2.05, 4.69) is 26.0 Å². The Bertz CT molecular complexity index is 1130. The maximum atomic E-state index is 11.7. The van der Waals surface area contributed by atoms with E-state index in [0.29, 0.717) is 17.3 Å². The number of ether oxygens (including phenoxy) is 1. The third kappa shape index (κ3) is 4.55. The van der Waals surface area contributed by atoms with Gasteiger partial charge in [0.2, 0.25) is 0 Å². The van der Waals surface area contributed by atoms with Gasteiger partial charge in [0, 0.05) is 28.7 Å². The second-order valence-corrected chi connectivity index (χ2v) is 6.91. The number of hydrogen-bond donors (Lipinski definition) is 3.